The van der Waals surface area contributed by atoms with Gasteiger partial charge in [-0.3, -0.25) is 0 Å². The van der Waals surface area contributed by atoms with Crippen LogP contribution in [0.4, 0.5) is 10.1 Å². The minimum absolute atomic E-state index is 0. The van der Waals surface area contributed by atoms with E-state index in [-0.39, 0.29) is 23.9 Å². The Bertz CT molecular complexity index is 1310. The normalized spacial score (nSPS) is 14.3. The van der Waals surface area contributed by atoms with Gasteiger partial charge in [-0.05, 0) is 32.0 Å². The van der Waals surface area contributed by atoms with Crippen molar-refractivity contribution in [2.24, 2.45) is 0 Å². The minimum Gasteiger partial charge on any atom is -0.368 e. The molecule has 1 N–H and O–H groups in total. The largest absolute Gasteiger partial charge is 0.368 e. The minimum atomic E-state index is -0.482. The molecular formula is C20H21ClFN7O. The summed E-state index contributed by atoms with van der Waals surface area (Å²) < 4.78 is 17.5. The summed E-state index contributed by atoms with van der Waals surface area (Å²) in [6.45, 7) is 7.26. The van der Waals surface area contributed by atoms with E-state index < -0.39 is 11.5 Å². The molecule has 8 nitrogen and oxygen atoms in total. The van der Waals surface area contributed by atoms with Crippen LogP contribution in [0.15, 0.2) is 35.4 Å². The van der Waals surface area contributed by atoms with Crippen molar-refractivity contribution in [2.75, 3.05) is 31.1 Å². The lowest BCUT2D eigenvalue weighted by molar-refractivity contribution is 0.587. The van der Waals surface area contributed by atoms with Crippen LogP contribution in [0.5, 0.6) is 0 Å². The van der Waals surface area contributed by atoms with Crippen molar-refractivity contribution in [3.63, 3.8) is 0 Å². The lowest BCUT2D eigenvalue weighted by atomic mass is 10.2. The molecule has 4 aromatic rings. The maximum atomic E-state index is 14.5. The second kappa shape index (κ2) is 7.66. The fourth-order valence-electron chi connectivity index (χ4n) is 3.91. The number of aromatic nitrogens is 5. The van der Waals surface area contributed by atoms with Gasteiger partial charge in [-0.25, -0.2) is 23.6 Å². The maximum Gasteiger partial charge on any atom is 0.355 e. The Morgan fingerprint density at radius 1 is 1.07 bits per heavy atom. The zero-order valence-corrected chi connectivity index (χ0v) is 17.4. The Kier molecular flexibility index (Phi) is 5.17. The molecule has 0 unspecified atom stereocenters. The summed E-state index contributed by atoms with van der Waals surface area (Å²) in [6, 6.07) is 5.11. The van der Waals surface area contributed by atoms with Crippen LogP contribution in [0.1, 0.15) is 11.4 Å². The highest BCUT2D eigenvalue weighted by atomic mass is 35.5. The van der Waals surface area contributed by atoms with Crippen LogP contribution in [0.2, 0.25) is 0 Å². The number of imidazole rings is 1. The van der Waals surface area contributed by atoms with Crippen LogP contribution in [0.25, 0.3) is 22.7 Å². The van der Waals surface area contributed by atoms with E-state index in [9.17, 15) is 9.18 Å². The Hall–Kier alpha value is -3.04. The quantitative estimate of drug-likeness (QED) is 0.525. The average molecular weight is 430 g/mol. The van der Waals surface area contributed by atoms with Gasteiger partial charge in [-0.1, -0.05) is 0 Å². The van der Waals surface area contributed by atoms with Gasteiger partial charge in [-0.15, -0.1) is 12.4 Å². The molecule has 0 radical (unpaired) electrons. The van der Waals surface area contributed by atoms with E-state index in [1.165, 1.54) is 10.5 Å². The first-order valence-electron chi connectivity index (χ1n) is 9.52. The van der Waals surface area contributed by atoms with Gasteiger partial charge in [0.05, 0.1) is 11.4 Å². The van der Waals surface area contributed by atoms with Gasteiger partial charge < -0.3 is 14.6 Å². The SMILES string of the molecule is Cc1cn2cc(-c3nc(=O)n4c(C)c(N5CCNCC5)ccc4n3)cc(F)c2n1.Cl. The molecule has 1 aliphatic rings. The molecule has 0 saturated carbocycles. The number of aryl methyl sites for hydroxylation is 2. The van der Waals surface area contributed by atoms with Gasteiger partial charge in [-0.2, -0.15) is 4.98 Å². The van der Waals surface area contributed by atoms with Crippen LogP contribution >= 0.6 is 12.4 Å². The molecule has 0 amide bonds. The van der Waals surface area contributed by atoms with Gasteiger partial charge in [0.15, 0.2) is 17.3 Å². The van der Waals surface area contributed by atoms with Gasteiger partial charge in [0.2, 0.25) is 0 Å². The number of hydrogen-bond donors (Lipinski definition) is 1. The van der Waals surface area contributed by atoms with Crippen molar-refractivity contribution in [2.45, 2.75) is 13.8 Å². The number of nitrogens with one attached hydrogen (secondary N) is 1. The molecule has 156 valence electrons. The Morgan fingerprint density at radius 2 is 1.83 bits per heavy atom. The van der Waals surface area contributed by atoms with Crippen LogP contribution in [-0.4, -0.2) is 49.9 Å². The summed E-state index contributed by atoms with van der Waals surface area (Å²) in [5, 5.41) is 3.32. The molecule has 5 rings (SSSR count). The number of piperazine rings is 1. The van der Waals surface area contributed by atoms with Gasteiger partial charge in [0.25, 0.3) is 0 Å². The number of hydrogen-bond acceptors (Lipinski definition) is 6. The smallest absolute Gasteiger partial charge is 0.355 e. The highest BCUT2D eigenvalue weighted by molar-refractivity contribution is 5.85. The number of rotatable bonds is 2. The maximum absolute atomic E-state index is 14.5. The molecule has 0 aliphatic carbocycles. The zero-order valence-electron chi connectivity index (χ0n) is 16.6. The van der Waals surface area contributed by atoms with Crippen molar-refractivity contribution in [1.82, 2.24) is 29.1 Å². The fourth-order valence-corrected chi connectivity index (χ4v) is 3.91. The monoisotopic (exact) mass is 429 g/mol. The standard InChI is InChI=1S/C20H20FN7O.ClH/c1-12-10-27-11-14(9-15(21)19(27)23-12)18-24-17-4-3-16(26-7-5-22-6-8-26)13(2)28(17)20(29)25-18;/h3-4,9-11,22H,5-8H2,1-2H3;1H. The predicted molar refractivity (Wildman–Crippen MR) is 115 cm³/mol. The highest BCUT2D eigenvalue weighted by Crippen LogP contribution is 2.23. The molecule has 1 aliphatic heterocycles. The van der Waals surface area contributed by atoms with E-state index in [1.807, 2.05) is 19.1 Å². The third kappa shape index (κ3) is 3.29. The lowest BCUT2D eigenvalue weighted by Crippen LogP contribution is -2.44. The molecule has 10 heteroatoms. The third-order valence-corrected chi connectivity index (χ3v) is 5.28. The van der Waals surface area contributed by atoms with Crippen molar-refractivity contribution >= 4 is 29.4 Å². The molecule has 4 aromatic heterocycles. The van der Waals surface area contributed by atoms with Gasteiger partial charge >= 0.3 is 5.69 Å². The Morgan fingerprint density at radius 3 is 2.60 bits per heavy atom. The molecule has 0 spiro atoms. The average Bonchev–Trinajstić information content (AvgIpc) is 3.09. The third-order valence-electron chi connectivity index (χ3n) is 5.28. The van der Waals surface area contributed by atoms with Crippen molar-refractivity contribution in [1.29, 1.82) is 0 Å². The molecule has 30 heavy (non-hydrogen) atoms. The summed E-state index contributed by atoms with van der Waals surface area (Å²) in [6.07, 6.45) is 3.41. The summed E-state index contributed by atoms with van der Waals surface area (Å²) in [7, 11) is 0. The first-order valence-corrected chi connectivity index (χ1v) is 9.52. The number of nitrogens with zero attached hydrogens (tertiary/aromatic N) is 6. The first kappa shape index (κ1) is 20.2. The molecule has 0 atom stereocenters. The van der Waals surface area contributed by atoms with E-state index >= 15 is 0 Å². The van der Waals surface area contributed by atoms with E-state index in [4.69, 9.17) is 0 Å². The molecule has 0 aromatic carbocycles. The first-order chi connectivity index (χ1) is 14.0. The lowest BCUT2D eigenvalue weighted by Gasteiger charge is -2.30. The molecule has 5 heterocycles. The number of halogens is 2. The van der Waals surface area contributed by atoms with E-state index in [2.05, 4.69) is 25.2 Å². The van der Waals surface area contributed by atoms with E-state index in [0.29, 0.717) is 16.9 Å². The number of pyridine rings is 2. The number of fused-ring (bicyclic) bond motifs is 2. The fraction of sp³-hybridized carbons (Fsp3) is 0.300. The van der Waals surface area contributed by atoms with E-state index in [1.54, 1.807) is 23.7 Å². The van der Waals surface area contributed by atoms with Crippen molar-refractivity contribution in [3.8, 4) is 11.4 Å². The molecule has 1 saturated heterocycles. The summed E-state index contributed by atoms with van der Waals surface area (Å²) >= 11 is 0. The molecule has 1 fully saturated rings. The van der Waals surface area contributed by atoms with Crippen LogP contribution in [0.3, 0.4) is 0 Å². The Labute approximate surface area is 177 Å². The van der Waals surface area contributed by atoms with Crippen molar-refractivity contribution in [3.05, 3.63) is 58.3 Å². The van der Waals surface area contributed by atoms with E-state index in [0.717, 1.165) is 37.6 Å². The zero-order chi connectivity index (χ0) is 20.1. The van der Waals surface area contributed by atoms with Crippen LogP contribution in [0, 0.1) is 19.7 Å². The molecular weight excluding hydrogens is 409 g/mol. The summed E-state index contributed by atoms with van der Waals surface area (Å²) in [5.41, 5.74) is 3.22. The van der Waals surface area contributed by atoms with Crippen LogP contribution < -0.4 is 15.9 Å². The predicted octanol–water partition coefficient (Wildman–Crippen LogP) is 1.99. The second-order valence-electron chi connectivity index (χ2n) is 7.25. The van der Waals surface area contributed by atoms with Crippen LogP contribution in [-0.2, 0) is 0 Å². The summed E-state index contributed by atoms with van der Waals surface area (Å²) in [5.74, 6) is -0.291. The Balaban J connectivity index is 0.00000218. The molecule has 0 bridgehead atoms. The highest BCUT2D eigenvalue weighted by Gasteiger charge is 2.17. The second-order valence-corrected chi connectivity index (χ2v) is 7.25. The van der Waals surface area contributed by atoms with Gasteiger partial charge in [0.1, 0.15) is 5.65 Å². The van der Waals surface area contributed by atoms with Gasteiger partial charge in [0, 0.05) is 49.8 Å². The topological polar surface area (TPSA) is 79.8 Å². The van der Waals surface area contributed by atoms with Crippen molar-refractivity contribution < 1.29 is 4.39 Å². The summed E-state index contributed by atoms with van der Waals surface area (Å²) in [4.78, 5) is 27.9. The number of anilines is 1.